The van der Waals surface area contributed by atoms with Crippen molar-refractivity contribution in [1.29, 1.82) is 0 Å². The predicted molar refractivity (Wildman–Crippen MR) is 27.3 cm³/mol. The molecular formula is C4H4FeMnO10. The third-order valence-electron chi connectivity index (χ3n) is 0.333. The summed E-state index contributed by atoms with van der Waals surface area (Å²) in [5, 5.41) is 35.7. The van der Waals surface area contributed by atoms with Gasteiger partial charge in [-0.1, -0.05) is 0 Å². The van der Waals surface area contributed by atoms with Crippen LogP contribution in [-0.2, 0) is 53.3 Å². The topological polar surface area (TPSA) is 224 Å². The average Bonchev–Trinajstić information content (AvgIpc) is 1.88. The second kappa shape index (κ2) is 19.4. The van der Waals surface area contributed by atoms with Crippen molar-refractivity contribution in [3.8, 4) is 0 Å². The predicted octanol–water partition coefficient (Wildman–Crippen LogP) is -8.68. The summed E-state index contributed by atoms with van der Waals surface area (Å²) in [5.74, 6) is -8.74. The Balaban J connectivity index is -0.0000000250. The molecule has 0 amide bonds. The van der Waals surface area contributed by atoms with Gasteiger partial charge in [0.15, 0.2) is 0 Å². The van der Waals surface area contributed by atoms with E-state index in [0.717, 1.165) is 0 Å². The molecule has 0 heterocycles. The summed E-state index contributed by atoms with van der Waals surface area (Å²) in [6.07, 6.45) is 0. The molecule has 0 spiro atoms. The van der Waals surface area contributed by atoms with E-state index in [1.54, 1.807) is 0 Å². The number of rotatable bonds is 0. The van der Waals surface area contributed by atoms with Crippen LogP contribution < -0.4 is 20.4 Å². The van der Waals surface area contributed by atoms with Crippen LogP contribution in [0.25, 0.3) is 0 Å². The van der Waals surface area contributed by atoms with E-state index in [2.05, 4.69) is 0 Å². The number of carbonyl (C=O) groups excluding carboxylic acids is 4. The van der Waals surface area contributed by atoms with Crippen LogP contribution >= 0.6 is 0 Å². The molecule has 0 aliphatic rings. The van der Waals surface area contributed by atoms with Gasteiger partial charge in [-0.2, -0.15) is 0 Å². The van der Waals surface area contributed by atoms with E-state index in [4.69, 9.17) is 39.6 Å². The molecular weight excluding hydrogens is 319 g/mol. The van der Waals surface area contributed by atoms with Gasteiger partial charge >= 0.3 is 34.1 Å². The van der Waals surface area contributed by atoms with Gasteiger partial charge in [-0.25, -0.2) is 0 Å². The third-order valence-corrected chi connectivity index (χ3v) is 0.333. The van der Waals surface area contributed by atoms with Gasteiger partial charge in [-0.15, -0.1) is 0 Å². The summed E-state index contributed by atoms with van der Waals surface area (Å²) >= 11 is 0. The molecule has 16 heavy (non-hydrogen) atoms. The monoisotopic (exact) mass is 323 g/mol. The smallest absolute Gasteiger partial charge is 0.543 e. The molecule has 12 heteroatoms. The second-order valence-electron chi connectivity index (χ2n) is 1.15. The number of carbonyl (C=O) groups is 4. The molecule has 1 radical (unpaired) electrons. The SMILES string of the molecule is O.O.O=C([O-])C(=O)[O-].O=C([O-])C(=O)[O-].[Fe+2].[Mn+2]. The van der Waals surface area contributed by atoms with Gasteiger partial charge < -0.3 is 50.6 Å². The average molecular weight is 323 g/mol. The van der Waals surface area contributed by atoms with Gasteiger partial charge in [0.1, 0.15) is 0 Å². The first-order valence-corrected chi connectivity index (χ1v) is 2.13. The molecule has 0 aromatic heterocycles. The van der Waals surface area contributed by atoms with E-state index >= 15 is 0 Å². The maximum atomic E-state index is 8.93. The number of hydrogen-bond acceptors (Lipinski definition) is 8. The first-order chi connectivity index (χ1) is 5.29. The van der Waals surface area contributed by atoms with Gasteiger partial charge in [-0.3, -0.25) is 0 Å². The fourth-order valence-corrected chi connectivity index (χ4v) is 0. The summed E-state index contributed by atoms with van der Waals surface area (Å²) in [4.78, 5) is 35.7. The Morgan fingerprint density at radius 2 is 0.625 bits per heavy atom. The molecule has 0 aromatic carbocycles. The fourth-order valence-electron chi connectivity index (χ4n) is 0. The molecule has 0 unspecified atom stereocenters. The van der Waals surface area contributed by atoms with E-state index < -0.39 is 23.9 Å². The zero-order valence-electron chi connectivity index (χ0n) is 7.00. The largest absolute Gasteiger partial charge is 2.00 e. The van der Waals surface area contributed by atoms with E-state index in [-0.39, 0.29) is 45.1 Å². The fraction of sp³-hybridized carbons (Fsp3) is 0. The minimum Gasteiger partial charge on any atom is -0.543 e. The molecule has 0 bridgehead atoms. The van der Waals surface area contributed by atoms with Crippen LogP contribution in [0.15, 0.2) is 0 Å². The minimum absolute atomic E-state index is 0. The van der Waals surface area contributed by atoms with Gasteiger partial charge in [0.2, 0.25) is 0 Å². The standard InChI is InChI=1S/2C2H2O4.Fe.Mn.2H2O/c2*3-1(4)2(5)6;;;;/h2*(H,3,4)(H,5,6);;;2*1H2/q;;2*+2;;/p-4. The molecule has 0 aliphatic carbocycles. The molecule has 0 atom stereocenters. The maximum Gasteiger partial charge on any atom is 2.00 e. The number of aliphatic carboxylic acids is 4. The zero-order valence-corrected chi connectivity index (χ0v) is 9.28. The Kier molecular flexibility index (Phi) is 44.1. The van der Waals surface area contributed by atoms with Crippen LogP contribution in [0, 0.1) is 0 Å². The summed E-state index contributed by atoms with van der Waals surface area (Å²) in [6.45, 7) is 0. The van der Waals surface area contributed by atoms with Crippen molar-refractivity contribution in [2.75, 3.05) is 0 Å². The van der Waals surface area contributed by atoms with Crippen LogP contribution in [0.2, 0.25) is 0 Å². The van der Waals surface area contributed by atoms with Crippen molar-refractivity contribution in [3.63, 3.8) is 0 Å². The van der Waals surface area contributed by atoms with Crippen LogP contribution in [0.5, 0.6) is 0 Å². The molecule has 10 nitrogen and oxygen atoms in total. The van der Waals surface area contributed by atoms with E-state index in [1.807, 2.05) is 0 Å². The van der Waals surface area contributed by atoms with E-state index in [9.17, 15) is 0 Å². The van der Waals surface area contributed by atoms with Crippen molar-refractivity contribution in [2.24, 2.45) is 0 Å². The Morgan fingerprint density at radius 3 is 0.625 bits per heavy atom. The number of carboxylic acids is 4. The Hall–Kier alpha value is -1.16. The summed E-state index contributed by atoms with van der Waals surface area (Å²) in [7, 11) is 0. The molecule has 0 aromatic rings. The van der Waals surface area contributed by atoms with Gasteiger partial charge in [0.05, 0.1) is 23.9 Å². The maximum absolute atomic E-state index is 8.93. The molecule has 95 valence electrons. The molecule has 0 saturated heterocycles. The van der Waals surface area contributed by atoms with Crippen molar-refractivity contribution < 1.29 is 84.7 Å². The molecule has 4 N–H and O–H groups in total. The van der Waals surface area contributed by atoms with Crippen molar-refractivity contribution in [3.05, 3.63) is 0 Å². The molecule has 0 saturated carbocycles. The van der Waals surface area contributed by atoms with Crippen molar-refractivity contribution in [2.45, 2.75) is 0 Å². The number of hydrogen-bond donors (Lipinski definition) is 0. The van der Waals surface area contributed by atoms with E-state index in [1.165, 1.54) is 0 Å². The first-order valence-electron chi connectivity index (χ1n) is 2.13. The quantitative estimate of drug-likeness (QED) is 0.306. The van der Waals surface area contributed by atoms with Gasteiger partial charge in [0, 0.05) is 0 Å². The Bertz CT molecular complexity index is 179. The third kappa shape index (κ3) is 38.5. The molecule has 0 rings (SSSR count). The first kappa shape index (κ1) is 36.4. The summed E-state index contributed by atoms with van der Waals surface area (Å²) in [5.41, 5.74) is 0. The second-order valence-corrected chi connectivity index (χ2v) is 1.15. The van der Waals surface area contributed by atoms with Crippen LogP contribution in [0.1, 0.15) is 0 Å². The Morgan fingerprint density at radius 1 is 0.562 bits per heavy atom. The summed E-state index contributed by atoms with van der Waals surface area (Å²) < 4.78 is 0. The van der Waals surface area contributed by atoms with Crippen molar-refractivity contribution in [1.82, 2.24) is 0 Å². The summed E-state index contributed by atoms with van der Waals surface area (Å²) in [6, 6.07) is 0. The van der Waals surface area contributed by atoms with E-state index in [0.29, 0.717) is 0 Å². The molecule has 0 aliphatic heterocycles. The minimum atomic E-state index is -2.19. The van der Waals surface area contributed by atoms with Gasteiger partial charge in [-0.05, 0) is 0 Å². The molecule has 0 fully saturated rings. The van der Waals surface area contributed by atoms with Crippen molar-refractivity contribution >= 4 is 23.9 Å². The van der Waals surface area contributed by atoms with Gasteiger partial charge in [0.25, 0.3) is 0 Å². The van der Waals surface area contributed by atoms with Crippen LogP contribution in [0.3, 0.4) is 0 Å². The zero-order chi connectivity index (χ0) is 10.3. The number of carboxylic acid groups (broad SMARTS) is 4. The Labute approximate surface area is 109 Å². The normalized spacial score (nSPS) is 5.50. The van der Waals surface area contributed by atoms with Crippen LogP contribution in [0.4, 0.5) is 0 Å². The van der Waals surface area contributed by atoms with Crippen LogP contribution in [-0.4, -0.2) is 34.8 Å².